The van der Waals surface area contributed by atoms with Gasteiger partial charge in [0.05, 0.1) is 28.7 Å². The van der Waals surface area contributed by atoms with E-state index in [0.29, 0.717) is 35.6 Å². The summed E-state index contributed by atoms with van der Waals surface area (Å²) in [6.45, 7) is 3.91. The molecule has 5 heterocycles. The summed E-state index contributed by atoms with van der Waals surface area (Å²) >= 11 is 0. The Labute approximate surface area is 213 Å². The van der Waals surface area contributed by atoms with Crippen LogP contribution in [0, 0.1) is 0 Å². The first-order chi connectivity index (χ1) is 18.1. The van der Waals surface area contributed by atoms with Gasteiger partial charge in [-0.05, 0) is 62.3 Å². The van der Waals surface area contributed by atoms with Crippen molar-refractivity contribution in [3.05, 3.63) is 82.3 Å². The maximum absolute atomic E-state index is 13.8. The Bertz CT molecular complexity index is 1670. The number of nitrogens with one attached hydrogen (secondary N) is 2. The maximum atomic E-state index is 13.8. The number of fused-ring (bicyclic) bond motifs is 5. The van der Waals surface area contributed by atoms with Crippen molar-refractivity contribution < 1.29 is 4.79 Å². The van der Waals surface area contributed by atoms with Crippen molar-refractivity contribution in [3.63, 3.8) is 0 Å². The average molecular weight is 496 g/mol. The van der Waals surface area contributed by atoms with Crippen LogP contribution in [-0.2, 0) is 13.6 Å². The summed E-state index contributed by atoms with van der Waals surface area (Å²) in [7, 11) is 1.88. The van der Waals surface area contributed by atoms with Crippen molar-refractivity contribution >= 4 is 39.4 Å². The van der Waals surface area contributed by atoms with E-state index >= 15 is 0 Å². The quantitative estimate of drug-likeness (QED) is 0.360. The Kier molecular flexibility index (Phi) is 6.05. The minimum absolute atomic E-state index is 0.142. The summed E-state index contributed by atoms with van der Waals surface area (Å²) in [6.07, 6.45) is 4.15. The molecule has 4 aromatic heterocycles. The van der Waals surface area contributed by atoms with E-state index in [9.17, 15) is 9.59 Å². The minimum Gasteiger partial charge on any atom is -0.364 e. The van der Waals surface area contributed by atoms with Crippen molar-refractivity contribution in [2.45, 2.75) is 19.4 Å². The number of hydrogen-bond donors (Lipinski definition) is 2. The zero-order chi connectivity index (χ0) is 25.4. The first-order valence-electron chi connectivity index (χ1n) is 12.7. The van der Waals surface area contributed by atoms with E-state index in [1.54, 1.807) is 18.3 Å². The topological polar surface area (TPSA) is 96.6 Å². The molecule has 188 valence electrons. The minimum atomic E-state index is -0.355. The largest absolute Gasteiger partial charge is 0.364 e. The highest BCUT2D eigenvalue weighted by molar-refractivity contribution is 6.05. The normalized spacial score (nSPS) is 14.1. The molecule has 1 fully saturated rings. The predicted octanol–water partition coefficient (Wildman–Crippen LogP) is 3.17. The van der Waals surface area contributed by atoms with Gasteiger partial charge in [0.1, 0.15) is 17.0 Å². The third-order valence-electron chi connectivity index (χ3n) is 7.11. The lowest BCUT2D eigenvalue weighted by Gasteiger charge is -2.15. The molecule has 0 atom stereocenters. The molecule has 9 heteroatoms. The molecule has 0 saturated carbocycles. The number of hydrogen-bond acceptors (Lipinski definition) is 6. The molecule has 1 aliphatic heterocycles. The number of carbonyl (C=O) groups excluding carboxylic acids is 1. The van der Waals surface area contributed by atoms with Crippen LogP contribution in [0.1, 0.15) is 28.9 Å². The van der Waals surface area contributed by atoms with Gasteiger partial charge >= 0.3 is 0 Å². The molecule has 9 nitrogen and oxygen atoms in total. The van der Waals surface area contributed by atoms with Crippen LogP contribution < -0.4 is 16.1 Å². The van der Waals surface area contributed by atoms with Gasteiger partial charge in [-0.1, -0.05) is 18.2 Å². The molecule has 2 N–H and O–H groups in total. The Morgan fingerprint density at radius 3 is 2.57 bits per heavy atom. The molecule has 0 bridgehead atoms. The lowest BCUT2D eigenvalue weighted by molar-refractivity contribution is 0.0950. The van der Waals surface area contributed by atoms with Crippen molar-refractivity contribution in [3.8, 4) is 0 Å². The number of imidazole rings is 1. The molecule has 0 radical (unpaired) electrons. The number of likely N-dealkylation sites (tertiary alicyclic amines) is 1. The molecule has 0 spiro atoms. The fraction of sp³-hybridized carbons (Fsp3) is 0.286. The fourth-order valence-electron chi connectivity index (χ4n) is 5.25. The average Bonchev–Trinajstić information content (AvgIpc) is 3.55. The Morgan fingerprint density at radius 2 is 1.78 bits per heavy atom. The fourth-order valence-corrected chi connectivity index (χ4v) is 5.25. The number of nitrogens with zero attached hydrogens (tertiary/aromatic N) is 5. The van der Waals surface area contributed by atoms with Crippen LogP contribution in [0.15, 0.2) is 65.6 Å². The number of amides is 1. The van der Waals surface area contributed by atoms with Crippen molar-refractivity contribution in [2.75, 3.05) is 31.5 Å². The standard InChI is InChI=1S/C28H29N7O2/c1-33-21-9-2-3-10-22(21)35-26-20(11-12-23(32-26)31-18-19-8-4-5-13-29-19)25(36)24(28(33)35)27(37)30-14-17-34-15-6-7-16-34/h2-5,8-13H,6-7,14-18H2,1H3,(H,30,37)(H,31,32). The highest BCUT2D eigenvalue weighted by atomic mass is 16.2. The van der Waals surface area contributed by atoms with Gasteiger partial charge in [-0.2, -0.15) is 0 Å². The second-order valence-electron chi connectivity index (χ2n) is 9.46. The molecule has 5 aromatic rings. The molecule has 6 rings (SSSR count). The van der Waals surface area contributed by atoms with E-state index in [4.69, 9.17) is 4.98 Å². The van der Waals surface area contributed by atoms with Crippen LogP contribution >= 0.6 is 0 Å². The van der Waals surface area contributed by atoms with Gasteiger partial charge in [0.15, 0.2) is 5.65 Å². The zero-order valence-corrected chi connectivity index (χ0v) is 20.8. The van der Waals surface area contributed by atoms with Crippen LogP contribution in [0.4, 0.5) is 5.82 Å². The Balaban J connectivity index is 1.45. The SMILES string of the molecule is Cn1c2ccccc2n2c3nc(NCc4ccccn4)ccc3c(=O)c(C(=O)NCCN3CCCC3)c12. The molecular formula is C28H29N7O2. The van der Waals surface area contributed by atoms with Gasteiger partial charge < -0.3 is 20.1 Å². The smallest absolute Gasteiger partial charge is 0.259 e. The summed E-state index contributed by atoms with van der Waals surface area (Å²) in [5, 5.41) is 6.71. The van der Waals surface area contributed by atoms with E-state index in [-0.39, 0.29) is 16.9 Å². The summed E-state index contributed by atoms with van der Waals surface area (Å²) in [6, 6.07) is 17.1. The Morgan fingerprint density at radius 1 is 1.00 bits per heavy atom. The molecule has 1 amide bonds. The summed E-state index contributed by atoms with van der Waals surface area (Å²) in [4.78, 5) is 38.7. The van der Waals surface area contributed by atoms with Gasteiger partial charge in [-0.25, -0.2) is 4.98 Å². The number of aryl methyl sites for hydroxylation is 1. The zero-order valence-electron chi connectivity index (χ0n) is 20.8. The van der Waals surface area contributed by atoms with Gasteiger partial charge in [0, 0.05) is 26.3 Å². The number of benzene rings is 1. The highest BCUT2D eigenvalue weighted by Crippen LogP contribution is 2.26. The predicted molar refractivity (Wildman–Crippen MR) is 145 cm³/mol. The van der Waals surface area contributed by atoms with Gasteiger partial charge in [-0.3, -0.25) is 19.0 Å². The molecule has 1 aliphatic rings. The molecule has 0 unspecified atom stereocenters. The van der Waals surface area contributed by atoms with Crippen molar-refractivity contribution in [2.24, 2.45) is 7.05 Å². The van der Waals surface area contributed by atoms with Crippen LogP contribution in [0.2, 0.25) is 0 Å². The van der Waals surface area contributed by atoms with Gasteiger partial charge in [0.2, 0.25) is 5.43 Å². The first kappa shape index (κ1) is 23.2. The van der Waals surface area contributed by atoms with Crippen molar-refractivity contribution in [1.29, 1.82) is 0 Å². The van der Waals surface area contributed by atoms with Crippen LogP contribution in [-0.4, -0.2) is 55.9 Å². The molecule has 1 aromatic carbocycles. The van der Waals surface area contributed by atoms with Crippen LogP contribution in [0.5, 0.6) is 0 Å². The number of anilines is 1. The third kappa shape index (κ3) is 4.21. The van der Waals surface area contributed by atoms with Crippen LogP contribution in [0.25, 0.3) is 27.7 Å². The highest BCUT2D eigenvalue weighted by Gasteiger charge is 2.24. The number of pyridine rings is 3. The third-order valence-corrected chi connectivity index (χ3v) is 7.11. The monoisotopic (exact) mass is 495 g/mol. The van der Waals surface area contributed by atoms with E-state index in [0.717, 1.165) is 36.4 Å². The number of aromatic nitrogens is 4. The number of para-hydroxylation sites is 2. The van der Waals surface area contributed by atoms with Gasteiger partial charge in [0.25, 0.3) is 5.91 Å². The number of rotatable bonds is 7. The lowest BCUT2D eigenvalue weighted by Crippen LogP contribution is -2.36. The molecule has 37 heavy (non-hydrogen) atoms. The summed E-state index contributed by atoms with van der Waals surface area (Å²) < 4.78 is 3.83. The second kappa shape index (κ2) is 9.67. The summed E-state index contributed by atoms with van der Waals surface area (Å²) in [5.41, 5.74) is 3.55. The lowest BCUT2D eigenvalue weighted by atomic mass is 10.1. The van der Waals surface area contributed by atoms with E-state index < -0.39 is 0 Å². The van der Waals surface area contributed by atoms with E-state index in [2.05, 4.69) is 20.5 Å². The molecule has 0 aliphatic carbocycles. The Hall–Kier alpha value is -4.24. The van der Waals surface area contributed by atoms with Crippen LogP contribution in [0.3, 0.4) is 0 Å². The number of carbonyl (C=O) groups is 1. The van der Waals surface area contributed by atoms with E-state index in [1.807, 2.05) is 58.5 Å². The summed E-state index contributed by atoms with van der Waals surface area (Å²) in [5.74, 6) is 0.272. The van der Waals surface area contributed by atoms with E-state index in [1.165, 1.54) is 12.8 Å². The van der Waals surface area contributed by atoms with Crippen molar-refractivity contribution in [1.82, 2.24) is 29.2 Å². The molecular weight excluding hydrogens is 466 g/mol. The van der Waals surface area contributed by atoms with Gasteiger partial charge in [-0.15, -0.1) is 0 Å². The first-order valence-corrected chi connectivity index (χ1v) is 12.7. The second-order valence-corrected chi connectivity index (χ2v) is 9.46. The maximum Gasteiger partial charge on any atom is 0.259 e. The molecule has 1 saturated heterocycles.